The highest BCUT2D eigenvalue weighted by Crippen LogP contribution is 2.24. The van der Waals surface area contributed by atoms with E-state index in [1.54, 1.807) is 0 Å². The van der Waals surface area contributed by atoms with Crippen LogP contribution in [0.1, 0.15) is 22.4 Å². The molecule has 2 rings (SSSR count). The van der Waals surface area contributed by atoms with Gasteiger partial charge in [-0.25, -0.2) is 0 Å². The minimum atomic E-state index is 0.449. The molecule has 0 radical (unpaired) electrons. The van der Waals surface area contributed by atoms with Crippen molar-refractivity contribution in [3.8, 4) is 0 Å². The normalized spacial score (nSPS) is 10.7. The summed E-state index contributed by atoms with van der Waals surface area (Å²) < 4.78 is 0. The van der Waals surface area contributed by atoms with E-state index in [-0.39, 0.29) is 0 Å². The van der Waals surface area contributed by atoms with Gasteiger partial charge in [0.1, 0.15) is 0 Å². The Morgan fingerprint density at radius 2 is 1.90 bits per heavy atom. The third-order valence-corrected chi connectivity index (χ3v) is 3.86. The van der Waals surface area contributed by atoms with Gasteiger partial charge < -0.3 is 10.6 Å². The molecule has 0 aliphatic rings. The molecule has 2 aromatic rings. The fourth-order valence-electron chi connectivity index (χ4n) is 2.15. The minimum Gasteiger partial charge on any atom is -0.354 e. The number of nitrogens with two attached hydrogens (primary N) is 1. The molecule has 4 nitrogen and oxygen atoms in total. The predicted octanol–water partition coefficient (Wildman–Crippen LogP) is 2.84. The summed E-state index contributed by atoms with van der Waals surface area (Å²) in [6, 6.07) is 7.80. The van der Waals surface area contributed by atoms with Crippen LogP contribution in [0.5, 0.6) is 0 Å². The molecule has 20 heavy (non-hydrogen) atoms. The Labute approximate surface area is 124 Å². The lowest BCUT2D eigenvalue weighted by Crippen LogP contribution is -2.22. The second kappa shape index (κ2) is 6.20. The molecule has 0 saturated heterocycles. The van der Waals surface area contributed by atoms with Crippen molar-refractivity contribution < 1.29 is 0 Å². The largest absolute Gasteiger partial charge is 0.354 e. The molecule has 0 saturated carbocycles. The number of hydrogen-bond acceptors (Lipinski definition) is 4. The van der Waals surface area contributed by atoms with Crippen LogP contribution in [0.3, 0.4) is 0 Å². The van der Waals surface area contributed by atoms with Crippen LogP contribution in [0.4, 0.5) is 5.82 Å². The first kappa shape index (κ1) is 14.8. The second-order valence-electron chi connectivity index (χ2n) is 4.86. The first-order valence-electron chi connectivity index (χ1n) is 6.52. The average Bonchev–Trinajstić information content (AvgIpc) is 2.44. The van der Waals surface area contributed by atoms with Crippen molar-refractivity contribution in [2.24, 2.45) is 5.73 Å². The van der Waals surface area contributed by atoms with E-state index >= 15 is 0 Å². The van der Waals surface area contributed by atoms with Gasteiger partial charge in [-0.05, 0) is 31.0 Å². The monoisotopic (exact) mass is 290 g/mol. The number of rotatable bonds is 4. The Bertz CT molecular complexity index is 613. The SMILES string of the molecule is Cc1nnc(N(C)Cc2ccccc2Cl)c(CN)c1C. The maximum absolute atomic E-state index is 6.20. The Morgan fingerprint density at radius 3 is 2.55 bits per heavy atom. The number of aromatic nitrogens is 2. The van der Waals surface area contributed by atoms with Gasteiger partial charge in [0, 0.05) is 30.7 Å². The highest BCUT2D eigenvalue weighted by atomic mass is 35.5. The van der Waals surface area contributed by atoms with Crippen LogP contribution in [0.2, 0.25) is 5.02 Å². The molecule has 0 aliphatic heterocycles. The van der Waals surface area contributed by atoms with E-state index < -0.39 is 0 Å². The Balaban J connectivity index is 2.32. The zero-order chi connectivity index (χ0) is 14.7. The average molecular weight is 291 g/mol. The van der Waals surface area contributed by atoms with Gasteiger partial charge in [0.05, 0.1) is 5.69 Å². The van der Waals surface area contributed by atoms with Gasteiger partial charge in [0.2, 0.25) is 0 Å². The van der Waals surface area contributed by atoms with E-state index in [2.05, 4.69) is 10.2 Å². The summed E-state index contributed by atoms with van der Waals surface area (Å²) in [4.78, 5) is 2.03. The van der Waals surface area contributed by atoms with E-state index in [0.717, 1.165) is 33.2 Å². The highest BCUT2D eigenvalue weighted by molar-refractivity contribution is 6.31. The fourth-order valence-corrected chi connectivity index (χ4v) is 2.35. The van der Waals surface area contributed by atoms with Crippen molar-refractivity contribution in [3.63, 3.8) is 0 Å². The standard InChI is InChI=1S/C15H19ClN4/c1-10-11(2)18-19-15(13(10)8-17)20(3)9-12-6-4-5-7-14(12)16/h4-7H,8-9,17H2,1-3H3. The van der Waals surface area contributed by atoms with Gasteiger partial charge in [-0.15, -0.1) is 5.10 Å². The van der Waals surface area contributed by atoms with Crippen LogP contribution in [-0.4, -0.2) is 17.2 Å². The molecular formula is C15H19ClN4. The molecule has 1 heterocycles. The van der Waals surface area contributed by atoms with Gasteiger partial charge in [0.15, 0.2) is 5.82 Å². The van der Waals surface area contributed by atoms with Crippen LogP contribution in [0.15, 0.2) is 24.3 Å². The van der Waals surface area contributed by atoms with Crippen LogP contribution in [0.25, 0.3) is 0 Å². The van der Waals surface area contributed by atoms with E-state index in [0.29, 0.717) is 13.1 Å². The summed E-state index contributed by atoms with van der Waals surface area (Å²) in [6.45, 7) is 5.09. The summed E-state index contributed by atoms with van der Waals surface area (Å²) in [5, 5.41) is 9.24. The molecule has 0 bridgehead atoms. The van der Waals surface area contributed by atoms with Crippen molar-refractivity contribution in [1.29, 1.82) is 0 Å². The zero-order valence-corrected chi connectivity index (χ0v) is 12.8. The summed E-state index contributed by atoms with van der Waals surface area (Å²) in [5.41, 5.74) is 9.97. The third-order valence-electron chi connectivity index (χ3n) is 3.49. The summed E-state index contributed by atoms with van der Waals surface area (Å²) in [6.07, 6.45) is 0. The number of halogens is 1. The maximum Gasteiger partial charge on any atom is 0.156 e. The van der Waals surface area contributed by atoms with E-state index in [9.17, 15) is 0 Å². The number of nitrogens with zero attached hydrogens (tertiary/aromatic N) is 3. The van der Waals surface area contributed by atoms with E-state index in [1.807, 2.05) is 50.1 Å². The molecular weight excluding hydrogens is 272 g/mol. The molecule has 0 fully saturated rings. The zero-order valence-electron chi connectivity index (χ0n) is 12.0. The van der Waals surface area contributed by atoms with Crippen LogP contribution >= 0.6 is 11.6 Å². The van der Waals surface area contributed by atoms with E-state index in [1.165, 1.54) is 0 Å². The molecule has 5 heteroatoms. The van der Waals surface area contributed by atoms with Crippen molar-refractivity contribution >= 4 is 17.4 Å². The molecule has 0 amide bonds. The Hall–Kier alpha value is -1.65. The van der Waals surface area contributed by atoms with Crippen molar-refractivity contribution in [3.05, 3.63) is 51.7 Å². The van der Waals surface area contributed by atoms with Gasteiger partial charge in [-0.1, -0.05) is 29.8 Å². The summed E-state index contributed by atoms with van der Waals surface area (Å²) >= 11 is 6.20. The number of benzene rings is 1. The van der Waals surface area contributed by atoms with E-state index in [4.69, 9.17) is 17.3 Å². The van der Waals surface area contributed by atoms with Crippen LogP contribution in [-0.2, 0) is 13.1 Å². The first-order valence-corrected chi connectivity index (χ1v) is 6.89. The molecule has 1 aromatic carbocycles. The summed E-state index contributed by atoms with van der Waals surface area (Å²) in [5.74, 6) is 0.815. The first-order chi connectivity index (χ1) is 9.54. The number of hydrogen-bond donors (Lipinski definition) is 1. The molecule has 0 unspecified atom stereocenters. The molecule has 2 N–H and O–H groups in total. The van der Waals surface area contributed by atoms with Crippen molar-refractivity contribution in [2.75, 3.05) is 11.9 Å². The quantitative estimate of drug-likeness (QED) is 0.941. The van der Waals surface area contributed by atoms with Crippen molar-refractivity contribution in [1.82, 2.24) is 10.2 Å². The number of aryl methyl sites for hydroxylation is 1. The molecule has 106 valence electrons. The summed E-state index contributed by atoms with van der Waals surface area (Å²) in [7, 11) is 1.97. The highest BCUT2D eigenvalue weighted by Gasteiger charge is 2.14. The third kappa shape index (κ3) is 2.92. The fraction of sp³-hybridized carbons (Fsp3) is 0.333. The van der Waals surface area contributed by atoms with Crippen molar-refractivity contribution in [2.45, 2.75) is 26.9 Å². The van der Waals surface area contributed by atoms with Gasteiger partial charge in [-0.2, -0.15) is 5.10 Å². The van der Waals surface area contributed by atoms with Gasteiger partial charge in [0.25, 0.3) is 0 Å². The predicted molar refractivity (Wildman–Crippen MR) is 83.0 cm³/mol. The lowest BCUT2D eigenvalue weighted by molar-refractivity contribution is 0.823. The minimum absolute atomic E-state index is 0.449. The van der Waals surface area contributed by atoms with Crippen LogP contribution < -0.4 is 10.6 Å². The van der Waals surface area contributed by atoms with Gasteiger partial charge in [-0.3, -0.25) is 0 Å². The van der Waals surface area contributed by atoms with Crippen LogP contribution in [0, 0.1) is 13.8 Å². The number of anilines is 1. The lowest BCUT2D eigenvalue weighted by Gasteiger charge is -2.22. The molecule has 0 atom stereocenters. The molecule has 1 aromatic heterocycles. The Morgan fingerprint density at radius 1 is 1.20 bits per heavy atom. The Kier molecular flexibility index (Phi) is 4.57. The maximum atomic E-state index is 6.20. The molecule has 0 aliphatic carbocycles. The lowest BCUT2D eigenvalue weighted by atomic mass is 10.1. The smallest absolute Gasteiger partial charge is 0.156 e. The molecule has 0 spiro atoms. The van der Waals surface area contributed by atoms with Gasteiger partial charge >= 0.3 is 0 Å². The second-order valence-corrected chi connectivity index (χ2v) is 5.27. The topological polar surface area (TPSA) is 55.0 Å².